The quantitative estimate of drug-likeness (QED) is 0.439. The molecule has 4 rings (SSSR count). The van der Waals surface area contributed by atoms with E-state index in [0.717, 1.165) is 28.1 Å². The van der Waals surface area contributed by atoms with Crippen LogP contribution in [-0.2, 0) is 13.1 Å². The van der Waals surface area contributed by atoms with Crippen LogP contribution in [0.3, 0.4) is 0 Å². The van der Waals surface area contributed by atoms with Gasteiger partial charge < -0.3 is 10.3 Å². The number of nitrogens with zero attached hydrogens (tertiary/aromatic N) is 3. The van der Waals surface area contributed by atoms with Gasteiger partial charge in [-0.2, -0.15) is 5.10 Å². The average Bonchev–Trinajstić information content (AvgIpc) is 3.24. The van der Waals surface area contributed by atoms with Crippen LogP contribution >= 0.6 is 11.6 Å². The van der Waals surface area contributed by atoms with Gasteiger partial charge in [0.15, 0.2) is 0 Å². The maximum absolute atomic E-state index is 6.69. The molecule has 0 spiro atoms. The Balaban J connectivity index is 1.53. The molecular formula is C23H26ClN5. The zero-order valence-electron chi connectivity index (χ0n) is 17.0. The van der Waals surface area contributed by atoms with Gasteiger partial charge in [0, 0.05) is 12.1 Å². The molecule has 0 amide bonds. The van der Waals surface area contributed by atoms with Gasteiger partial charge in [-0.05, 0) is 30.5 Å². The van der Waals surface area contributed by atoms with Gasteiger partial charge in [0.25, 0.3) is 0 Å². The summed E-state index contributed by atoms with van der Waals surface area (Å²) in [5.74, 6) is 1.32. The molecular weight excluding hydrogens is 382 g/mol. The first-order valence-electron chi connectivity index (χ1n) is 9.96. The number of benzene rings is 2. The second kappa shape index (κ2) is 8.39. The van der Waals surface area contributed by atoms with Crippen molar-refractivity contribution in [2.45, 2.75) is 39.9 Å². The summed E-state index contributed by atoms with van der Waals surface area (Å²) in [6.45, 7) is 7.70. The van der Waals surface area contributed by atoms with Gasteiger partial charge in [0.2, 0.25) is 0 Å². The third kappa shape index (κ3) is 4.21. The normalized spacial score (nSPS) is 12.7. The molecule has 2 aromatic carbocycles. The van der Waals surface area contributed by atoms with Gasteiger partial charge in [-0.3, -0.25) is 0 Å². The third-order valence-electron chi connectivity index (χ3n) is 5.23. The lowest BCUT2D eigenvalue weighted by atomic mass is 10.0. The zero-order chi connectivity index (χ0) is 20.4. The molecule has 0 aliphatic heterocycles. The molecule has 1 atom stereocenters. The van der Waals surface area contributed by atoms with Crippen molar-refractivity contribution in [3.05, 3.63) is 82.4 Å². The Morgan fingerprint density at radius 3 is 2.52 bits per heavy atom. The van der Waals surface area contributed by atoms with Gasteiger partial charge >= 0.3 is 0 Å². The van der Waals surface area contributed by atoms with E-state index in [-0.39, 0.29) is 6.04 Å². The van der Waals surface area contributed by atoms with Crippen LogP contribution in [0.5, 0.6) is 0 Å². The summed E-state index contributed by atoms with van der Waals surface area (Å²) in [7, 11) is 0. The average molecular weight is 408 g/mol. The van der Waals surface area contributed by atoms with Crippen LogP contribution in [0.4, 0.5) is 0 Å². The molecule has 29 heavy (non-hydrogen) atoms. The van der Waals surface area contributed by atoms with Crippen molar-refractivity contribution < 1.29 is 0 Å². The minimum Gasteiger partial charge on any atom is -0.341 e. The number of para-hydroxylation sites is 2. The van der Waals surface area contributed by atoms with Crippen molar-refractivity contribution in [1.29, 1.82) is 0 Å². The molecule has 150 valence electrons. The van der Waals surface area contributed by atoms with Crippen molar-refractivity contribution >= 4 is 22.6 Å². The first-order chi connectivity index (χ1) is 14.0. The Kier molecular flexibility index (Phi) is 5.69. The standard InChI is InChI=1S/C23H26ClN5/c1-15(2)21(23-26-19-11-7-8-12-20(19)27-23)25-13-18-16(3)28-29(22(18)24)14-17-9-5-4-6-10-17/h4-12,15,21,25H,13-14H2,1-3H3,(H,26,27). The largest absolute Gasteiger partial charge is 0.341 e. The van der Waals surface area contributed by atoms with Crippen molar-refractivity contribution in [2.24, 2.45) is 5.92 Å². The molecule has 0 aliphatic carbocycles. The lowest BCUT2D eigenvalue weighted by Crippen LogP contribution is -2.26. The SMILES string of the molecule is Cc1nn(Cc2ccccc2)c(Cl)c1CNC(c1nc2ccccc2[nH]1)C(C)C. The number of aryl methyl sites for hydroxylation is 1. The summed E-state index contributed by atoms with van der Waals surface area (Å²) in [6.07, 6.45) is 0. The van der Waals surface area contributed by atoms with Gasteiger partial charge in [-0.15, -0.1) is 0 Å². The monoisotopic (exact) mass is 407 g/mol. The zero-order valence-corrected chi connectivity index (χ0v) is 17.7. The van der Waals surface area contributed by atoms with Crippen LogP contribution in [0, 0.1) is 12.8 Å². The van der Waals surface area contributed by atoms with E-state index in [1.807, 2.05) is 48.0 Å². The van der Waals surface area contributed by atoms with E-state index in [9.17, 15) is 0 Å². The van der Waals surface area contributed by atoms with Crippen molar-refractivity contribution in [3.8, 4) is 0 Å². The second-order valence-corrected chi connectivity index (χ2v) is 8.10. The molecule has 2 aromatic heterocycles. The second-order valence-electron chi connectivity index (χ2n) is 7.74. The highest BCUT2D eigenvalue weighted by atomic mass is 35.5. The molecule has 6 heteroatoms. The fourth-order valence-electron chi connectivity index (χ4n) is 3.63. The fourth-order valence-corrected chi connectivity index (χ4v) is 3.93. The summed E-state index contributed by atoms with van der Waals surface area (Å²) >= 11 is 6.69. The van der Waals surface area contributed by atoms with E-state index >= 15 is 0 Å². The number of imidazole rings is 1. The first-order valence-corrected chi connectivity index (χ1v) is 10.3. The number of aromatic nitrogens is 4. The van der Waals surface area contributed by atoms with Crippen molar-refractivity contribution in [2.75, 3.05) is 0 Å². The predicted molar refractivity (Wildman–Crippen MR) is 118 cm³/mol. The minimum absolute atomic E-state index is 0.0929. The van der Waals surface area contributed by atoms with Crippen LogP contribution in [-0.4, -0.2) is 19.7 Å². The molecule has 4 aromatic rings. The molecule has 0 saturated heterocycles. The number of hydrogen-bond acceptors (Lipinski definition) is 3. The van der Waals surface area contributed by atoms with E-state index in [0.29, 0.717) is 24.2 Å². The smallest absolute Gasteiger partial charge is 0.132 e. The maximum atomic E-state index is 6.69. The number of nitrogens with one attached hydrogen (secondary N) is 2. The Hall–Kier alpha value is -2.63. The number of aromatic amines is 1. The van der Waals surface area contributed by atoms with E-state index in [2.05, 4.69) is 47.4 Å². The molecule has 2 heterocycles. The molecule has 0 saturated carbocycles. The van der Waals surface area contributed by atoms with Crippen LogP contribution in [0.15, 0.2) is 54.6 Å². The summed E-state index contributed by atoms with van der Waals surface area (Å²) < 4.78 is 1.87. The number of rotatable bonds is 7. The van der Waals surface area contributed by atoms with Gasteiger partial charge in [-0.1, -0.05) is 67.9 Å². The summed E-state index contributed by atoms with van der Waals surface area (Å²) in [5.41, 5.74) is 5.20. The Morgan fingerprint density at radius 2 is 1.79 bits per heavy atom. The lowest BCUT2D eigenvalue weighted by molar-refractivity contribution is 0.395. The maximum Gasteiger partial charge on any atom is 0.132 e. The molecule has 0 radical (unpaired) electrons. The summed E-state index contributed by atoms with van der Waals surface area (Å²) in [5, 5.41) is 8.98. The molecule has 1 unspecified atom stereocenters. The third-order valence-corrected chi connectivity index (χ3v) is 5.65. The summed E-state index contributed by atoms with van der Waals surface area (Å²) in [4.78, 5) is 8.23. The molecule has 0 aliphatic rings. The minimum atomic E-state index is 0.0929. The summed E-state index contributed by atoms with van der Waals surface area (Å²) in [6, 6.07) is 18.4. The van der Waals surface area contributed by atoms with Crippen LogP contribution in [0.25, 0.3) is 11.0 Å². The van der Waals surface area contributed by atoms with E-state index < -0.39 is 0 Å². The Morgan fingerprint density at radius 1 is 1.07 bits per heavy atom. The molecule has 0 bridgehead atoms. The highest BCUT2D eigenvalue weighted by molar-refractivity contribution is 6.30. The highest BCUT2D eigenvalue weighted by Gasteiger charge is 2.21. The lowest BCUT2D eigenvalue weighted by Gasteiger charge is -2.20. The molecule has 5 nitrogen and oxygen atoms in total. The number of H-pyrrole nitrogens is 1. The van der Waals surface area contributed by atoms with Crippen molar-refractivity contribution in [1.82, 2.24) is 25.1 Å². The molecule has 2 N–H and O–H groups in total. The number of halogens is 1. The van der Waals surface area contributed by atoms with E-state index in [1.165, 1.54) is 5.56 Å². The number of fused-ring (bicyclic) bond motifs is 1. The van der Waals surface area contributed by atoms with Gasteiger partial charge in [0.1, 0.15) is 11.0 Å². The van der Waals surface area contributed by atoms with Gasteiger partial charge in [0.05, 0.1) is 29.3 Å². The fraction of sp³-hybridized carbons (Fsp3) is 0.304. The Bertz CT molecular complexity index is 1060. The first kappa shape index (κ1) is 19.7. The van der Waals surface area contributed by atoms with E-state index in [1.54, 1.807) is 0 Å². The van der Waals surface area contributed by atoms with Crippen LogP contribution < -0.4 is 5.32 Å². The van der Waals surface area contributed by atoms with Crippen LogP contribution in [0.2, 0.25) is 5.15 Å². The van der Waals surface area contributed by atoms with Crippen LogP contribution in [0.1, 0.15) is 42.5 Å². The van der Waals surface area contributed by atoms with E-state index in [4.69, 9.17) is 16.6 Å². The molecule has 0 fully saturated rings. The topological polar surface area (TPSA) is 58.5 Å². The number of hydrogen-bond donors (Lipinski definition) is 2. The Labute approximate surface area is 176 Å². The predicted octanol–water partition coefficient (Wildman–Crippen LogP) is 5.26. The highest BCUT2D eigenvalue weighted by Crippen LogP contribution is 2.25. The van der Waals surface area contributed by atoms with Gasteiger partial charge in [-0.25, -0.2) is 9.67 Å². The van der Waals surface area contributed by atoms with Crippen molar-refractivity contribution in [3.63, 3.8) is 0 Å².